The first-order chi connectivity index (χ1) is 12.2. The van der Waals surface area contributed by atoms with Crippen LogP contribution in [0, 0.1) is 23.7 Å². The number of carbonyl (C=O) groups is 2. The van der Waals surface area contributed by atoms with Crippen molar-refractivity contribution in [2.24, 2.45) is 28.7 Å². The minimum absolute atomic E-state index is 0. The highest BCUT2D eigenvalue weighted by Gasteiger charge is 2.58. The van der Waals surface area contributed by atoms with Gasteiger partial charge in [0.2, 0.25) is 11.8 Å². The number of nitrogens with zero attached hydrogens (tertiary/aromatic N) is 2. The molecule has 2 amide bonds. The van der Waals surface area contributed by atoms with E-state index in [1.165, 1.54) is 10.5 Å². The summed E-state index contributed by atoms with van der Waals surface area (Å²) >= 11 is 1.66. The second-order valence-corrected chi connectivity index (χ2v) is 7.59. The van der Waals surface area contributed by atoms with E-state index in [0.717, 1.165) is 6.42 Å². The summed E-state index contributed by atoms with van der Waals surface area (Å²) in [4.78, 5) is 30.9. The maximum Gasteiger partial charge on any atom is 0.233 e. The number of carbonyl (C=O) groups excluding carboxylic acids is 2. The number of aliphatic imine (C=N–C) groups is 1. The highest BCUT2D eigenvalue weighted by atomic mass is 127. The zero-order valence-electron chi connectivity index (χ0n) is 14.6. The number of likely N-dealkylation sites (tertiary alicyclic amines) is 1. The SMILES string of the molecule is CN=C(NCCN1C(=O)C2C3C=CC(C3)C2C1=O)NCc1ccsc1.I. The van der Waals surface area contributed by atoms with E-state index in [4.69, 9.17) is 0 Å². The summed E-state index contributed by atoms with van der Waals surface area (Å²) in [5.74, 6) is 1.00. The van der Waals surface area contributed by atoms with Crippen molar-refractivity contribution in [1.29, 1.82) is 0 Å². The molecule has 1 saturated carbocycles. The molecule has 2 bridgehead atoms. The van der Waals surface area contributed by atoms with Crippen LogP contribution >= 0.6 is 35.3 Å². The van der Waals surface area contributed by atoms with Gasteiger partial charge in [0.25, 0.3) is 0 Å². The number of fused-ring (bicyclic) bond motifs is 5. The first-order valence-corrected chi connectivity index (χ1v) is 9.62. The van der Waals surface area contributed by atoms with Crippen LogP contribution in [-0.4, -0.2) is 42.8 Å². The number of nitrogens with one attached hydrogen (secondary N) is 2. The molecule has 1 saturated heterocycles. The summed E-state index contributed by atoms with van der Waals surface area (Å²) in [6.07, 6.45) is 5.21. The van der Waals surface area contributed by atoms with Gasteiger partial charge >= 0.3 is 0 Å². The molecule has 26 heavy (non-hydrogen) atoms. The van der Waals surface area contributed by atoms with Crippen molar-refractivity contribution >= 4 is 53.1 Å². The number of hydrogen-bond acceptors (Lipinski definition) is 4. The normalized spacial score (nSPS) is 29.1. The third kappa shape index (κ3) is 3.40. The Hall–Kier alpha value is -1.42. The second-order valence-electron chi connectivity index (χ2n) is 6.81. The van der Waals surface area contributed by atoms with E-state index < -0.39 is 0 Å². The monoisotopic (exact) mass is 486 g/mol. The molecule has 140 valence electrons. The lowest BCUT2D eigenvalue weighted by Crippen LogP contribution is -2.43. The first-order valence-electron chi connectivity index (χ1n) is 8.68. The molecule has 6 nitrogen and oxygen atoms in total. The van der Waals surface area contributed by atoms with Crippen LogP contribution in [0.1, 0.15) is 12.0 Å². The van der Waals surface area contributed by atoms with Gasteiger partial charge in [-0.2, -0.15) is 11.3 Å². The number of hydrogen-bond donors (Lipinski definition) is 2. The molecule has 8 heteroatoms. The lowest BCUT2D eigenvalue weighted by molar-refractivity contribution is -0.140. The minimum atomic E-state index is -0.112. The standard InChI is InChI=1S/C18H22N4O2S.HI/c1-19-18(21-9-11-4-7-25-10-11)20-5-6-22-16(23)14-12-2-3-13(8-12)15(14)17(22)24;/h2-4,7,10,12-15H,5-6,8-9H2,1H3,(H2,19,20,21);1H. The summed E-state index contributed by atoms with van der Waals surface area (Å²) in [5, 5.41) is 10.5. The number of allylic oxidation sites excluding steroid dienone is 2. The highest BCUT2D eigenvalue weighted by molar-refractivity contribution is 14.0. The molecule has 2 fully saturated rings. The van der Waals surface area contributed by atoms with E-state index in [1.807, 2.05) is 5.38 Å². The van der Waals surface area contributed by atoms with Gasteiger partial charge in [-0.05, 0) is 40.6 Å². The number of rotatable bonds is 5. The molecular formula is C18H23IN4O2S. The Kier molecular flexibility index (Phi) is 6.01. The van der Waals surface area contributed by atoms with Crippen molar-refractivity contribution in [3.8, 4) is 0 Å². The van der Waals surface area contributed by atoms with Crippen molar-refractivity contribution in [3.05, 3.63) is 34.5 Å². The predicted octanol–water partition coefficient (Wildman–Crippen LogP) is 1.84. The smallest absolute Gasteiger partial charge is 0.233 e. The zero-order chi connectivity index (χ0) is 17.4. The van der Waals surface area contributed by atoms with Crippen molar-refractivity contribution in [1.82, 2.24) is 15.5 Å². The fourth-order valence-electron chi connectivity index (χ4n) is 4.27. The molecule has 4 atom stereocenters. The van der Waals surface area contributed by atoms with Crippen molar-refractivity contribution in [2.45, 2.75) is 13.0 Å². The fourth-order valence-corrected chi connectivity index (χ4v) is 4.94. The topological polar surface area (TPSA) is 73.8 Å². The number of halogens is 1. The Morgan fingerprint density at radius 1 is 1.23 bits per heavy atom. The van der Waals surface area contributed by atoms with Gasteiger partial charge in [0.05, 0.1) is 11.8 Å². The molecule has 2 heterocycles. The second kappa shape index (κ2) is 8.08. The maximum absolute atomic E-state index is 12.6. The van der Waals surface area contributed by atoms with Crippen LogP contribution in [-0.2, 0) is 16.1 Å². The van der Waals surface area contributed by atoms with Gasteiger partial charge in [-0.3, -0.25) is 19.5 Å². The fraction of sp³-hybridized carbons (Fsp3) is 0.500. The summed E-state index contributed by atoms with van der Waals surface area (Å²) < 4.78 is 0. The lowest BCUT2D eigenvalue weighted by Gasteiger charge is -2.18. The number of imide groups is 1. The molecule has 2 aliphatic carbocycles. The van der Waals surface area contributed by atoms with Crippen LogP contribution in [0.4, 0.5) is 0 Å². The van der Waals surface area contributed by atoms with E-state index >= 15 is 0 Å². The third-order valence-electron chi connectivity index (χ3n) is 5.45. The van der Waals surface area contributed by atoms with Gasteiger partial charge in [0.1, 0.15) is 0 Å². The van der Waals surface area contributed by atoms with Crippen LogP contribution < -0.4 is 10.6 Å². The molecule has 3 aliphatic rings. The highest BCUT2D eigenvalue weighted by Crippen LogP contribution is 2.52. The van der Waals surface area contributed by atoms with Crippen LogP contribution in [0.5, 0.6) is 0 Å². The molecule has 0 aromatic carbocycles. The Bertz CT molecular complexity index is 704. The quantitative estimate of drug-likeness (QED) is 0.219. The molecule has 2 N–H and O–H groups in total. The predicted molar refractivity (Wildman–Crippen MR) is 112 cm³/mol. The number of amides is 2. The third-order valence-corrected chi connectivity index (χ3v) is 6.19. The molecule has 1 aromatic heterocycles. The Balaban J connectivity index is 0.00000196. The number of guanidine groups is 1. The summed E-state index contributed by atoms with van der Waals surface area (Å²) in [5.41, 5.74) is 1.20. The summed E-state index contributed by atoms with van der Waals surface area (Å²) in [6.45, 7) is 1.59. The molecule has 0 radical (unpaired) electrons. The lowest BCUT2D eigenvalue weighted by atomic mass is 9.85. The van der Waals surface area contributed by atoms with E-state index in [0.29, 0.717) is 25.6 Å². The van der Waals surface area contributed by atoms with Crippen LogP contribution in [0.3, 0.4) is 0 Å². The average molecular weight is 486 g/mol. The van der Waals surface area contributed by atoms with Gasteiger partial charge < -0.3 is 10.6 Å². The van der Waals surface area contributed by atoms with E-state index in [9.17, 15) is 9.59 Å². The Labute approximate surface area is 174 Å². The summed E-state index contributed by atoms with van der Waals surface area (Å²) in [7, 11) is 1.71. The Morgan fingerprint density at radius 3 is 2.50 bits per heavy atom. The zero-order valence-corrected chi connectivity index (χ0v) is 17.7. The van der Waals surface area contributed by atoms with Crippen LogP contribution in [0.25, 0.3) is 0 Å². The van der Waals surface area contributed by atoms with Crippen molar-refractivity contribution < 1.29 is 9.59 Å². The molecular weight excluding hydrogens is 463 g/mol. The van der Waals surface area contributed by atoms with Crippen LogP contribution in [0.15, 0.2) is 34.0 Å². The van der Waals surface area contributed by atoms with Crippen molar-refractivity contribution in [2.75, 3.05) is 20.1 Å². The summed E-state index contributed by atoms with van der Waals surface area (Å²) in [6, 6.07) is 2.06. The van der Waals surface area contributed by atoms with Crippen molar-refractivity contribution in [3.63, 3.8) is 0 Å². The van der Waals surface area contributed by atoms with Crippen LogP contribution in [0.2, 0.25) is 0 Å². The molecule has 0 spiro atoms. The first kappa shape index (κ1) is 19.3. The maximum atomic E-state index is 12.6. The van der Waals surface area contributed by atoms with E-state index in [1.54, 1.807) is 18.4 Å². The molecule has 1 aromatic rings. The van der Waals surface area contributed by atoms with Gasteiger partial charge in [-0.1, -0.05) is 12.2 Å². The van der Waals surface area contributed by atoms with E-state index in [2.05, 4.69) is 39.2 Å². The van der Waals surface area contributed by atoms with Gasteiger partial charge in [-0.25, -0.2) is 0 Å². The number of thiophene rings is 1. The van der Waals surface area contributed by atoms with Gasteiger partial charge in [0, 0.05) is 26.7 Å². The Morgan fingerprint density at radius 2 is 1.92 bits per heavy atom. The largest absolute Gasteiger partial charge is 0.355 e. The van der Waals surface area contributed by atoms with Gasteiger partial charge in [0.15, 0.2) is 5.96 Å². The molecule has 4 unspecified atom stereocenters. The molecule has 4 rings (SSSR count). The average Bonchev–Trinajstić information content (AvgIpc) is 3.38. The van der Waals surface area contributed by atoms with Gasteiger partial charge in [-0.15, -0.1) is 24.0 Å². The molecule has 1 aliphatic heterocycles. The van der Waals surface area contributed by atoms with E-state index in [-0.39, 0.29) is 59.5 Å². The minimum Gasteiger partial charge on any atom is -0.355 e.